The van der Waals surface area contributed by atoms with Gasteiger partial charge in [0.15, 0.2) is 10.3 Å². The molecule has 0 saturated heterocycles. The first-order chi connectivity index (χ1) is 16.4. The number of nitrogens with zero attached hydrogens (tertiary/aromatic N) is 2. The Bertz CT molecular complexity index is 1310. The number of benzene rings is 2. The molecule has 0 aliphatic rings. The van der Waals surface area contributed by atoms with Gasteiger partial charge in [-0.1, -0.05) is 53.3 Å². The van der Waals surface area contributed by atoms with Crippen LogP contribution in [0.3, 0.4) is 0 Å². The Morgan fingerprint density at radius 2 is 1.74 bits per heavy atom. The fourth-order valence-electron chi connectivity index (χ4n) is 3.31. The predicted molar refractivity (Wildman–Crippen MR) is 137 cm³/mol. The van der Waals surface area contributed by atoms with Crippen molar-refractivity contribution in [2.45, 2.75) is 26.7 Å². The van der Waals surface area contributed by atoms with Crippen molar-refractivity contribution in [1.29, 1.82) is 0 Å². The van der Waals surface area contributed by atoms with E-state index in [9.17, 15) is 9.59 Å². The van der Waals surface area contributed by atoms with E-state index in [1.165, 1.54) is 35.3 Å². The van der Waals surface area contributed by atoms with E-state index >= 15 is 0 Å². The number of carbonyl (C=O) groups is 2. The number of aromatic nitrogens is 2. The van der Waals surface area contributed by atoms with Crippen molar-refractivity contribution >= 4 is 44.8 Å². The fourth-order valence-corrected chi connectivity index (χ4v) is 5.03. The van der Waals surface area contributed by atoms with Crippen LogP contribution in [0.25, 0.3) is 10.6 Å². The maximum atomic E-state index is 12.7. The molecule has 4 aromatic rings. The average Bonchev–Trinajstić information content (AvgIpc) is 3.44. The molecule has 0 atom stereocenters. The van der Waals surface area contributed by atoms with Crippen molar-refractivity contribution in [3.8, 4) is 16.3 Å². The number of amides is 2. The van der Waals surface area contributed by atoms with Gasteiger partial charge in [-0.3, -0.25) is 14.9 Å². The largest absolute Gasteiger partial charge is 0.496 e. The number of anilines is 2. The van der Waals surface area contributed by atoms with Gasteiger partial charge in [0.05, 0.1) is 28.9 Å². The fraction of sp³-hybridized carbons (Fsp3) is 0.200. The molecule has 0 spiro atoms. The van der Waals surface area contributed by atoms with E-state index in [0.717, 1.165) is 16.1 Å². The van der Waals surface area contributed by atoms with E-state index in [1.54, 1.807) is 18.2 Å². The summed E-state index contributed by atoms with van der Waals surface area (Å²) in [6, 6.07) is 15.2. The highest BCUT2D eigenvalue weighted by atomic mass is 32.1. The molecule has 34 heavy (non-hydrogen) atoms. The topological polar surface area (TPSA) is 93.2 Å². The molecule has 0 aliphatic heterocycles. The van der Waals surface area contributed by atoms with Gasteiger partial charge in [0, 0.05) is 11.8 Å². The lowest BCUT2D eigenvalue weighted by molar-refractivity contribution is -0.116. The van der Waals surface area contributed by atoms with E-state index in [4.69, 9.17) is 4.74 Å². The molecule has 2 N–H and O–H groups in total. The zero-order valence-electron chi connectivity index (χ0n) is 19.0. The zero-order valence-corrected chi connectivity index (χ0v) is 20.7. The second kappa shape index (κ2) is 10.6. The van der Waals surface area contributed by atoms with Crippen molar-refractivity contribution in [2.75, 3.05) is 17.7 Å². The van der Waals surface area contributed by atoms with Gasteiger partial charge in [0.25, 0.3) is 5.91 Å². The van der Waals surface area contributed by atoms with Crippen molar-refractivity contribution < 1.29 is 14.3 Å². The summed E-state index contributed by atoms with van der Waals surface area (Å²) < 4.78 is 5.26. The smallest absolute Gasteiger partial charge is 0.261 e. The quantitative estimate of drug-likeness (QED) is 0.328. The molecular weight excluding hydrogens is 468 g/mol. The summed E-state index contributed by atoms with van der Waals surface area (Å²) in [6.45, 7) is 3.91. The lowest BCUT2D eigenvalue weighted by Crippen LogP contribution is -2.12. The number of ether oxygens (including phenoxy) is 1. The van der Waals surface area contributed by atoms with Gasteiger partial charge < -0.3 is 10.1 Å². The summed E-state index contributed by atoms with van der Waals surface area (Å²) in [7, 11) is 1.53. The number of methoxy groups -OCH3 is 1. The molecule has 4 rings (SSSR count). The number of carbonyl (C=O) groups excluding carboxylic acids is 2. The summed E-state index contributed by atoms with van der Waals surface area (Å²) in [5.41, 5.74) is 4.23. The van der Waals surface area contributed by atoms with Crippen LogP contribution >= 0.6 is 22.7 Å². The Labute approximate surface area is 205 Å². The molecule has 0 radical (unpaired) electrons. The van der Waals surface area contributed by atoms with Crippen LogP contribution in [0.5, 0.6) is 5.75 Å². The van der Waals surface area contributed by atoms with Crippen molar-refractivity contribution in [3.05, 3.63) is 76.3 Å². The van der Waals surface area contributed by atoms with E-state index in [0.29, 0.717) is 40.1 Å². The molecule has 2 aromatic heterocycles. The highest BCUT2D eigenvalue weighted by molar-refractivity contribution is 7.20. The minimum atomic E-state index is -0.294. The van der Waals surface area contributed by atoms with Crippen molar-refractivity contribution in [1.82, 2.24) is 9.97 Å². The molecule has 0 aliphatic carbocycles. The lowest BCUT2D eigenvalue weighted by Gasteiger charge is -2.06. The van der Waals surface area contributed by atoms with Gasteiger partial charge in [-0.15, -0.1) is 11.3 Å². The highest BCUT2D eigenvalue weighted by Crippen LogP contribution is 2.35. The Morgan fingerprint density at radius 3 is 2.50 bits per heavy atom. The second-order valence-corrected chi connectivity index (χ2v) is 9.52. The number of nitrogens with one attached hydrogen (secondary N) is 2. The first-order valence-corrected chi connectivity index (χ1v) is 12.4. The molecule has 2 aromatic carbocycles. The Hall–Kier alpha value is -3.56. The third-order valence-electron chi connectivity index (χ3n) is 5.11. The van der Waals surface area contributed by atoms with E-state index in [-0.39, 0.29) is 11.8 Å². The van der Waals surface area contributed by atoms with Crippen molar-refractivity contribution in [3.63, 3.8) is 0 Å². The SMILES string of the molecule is COc1ccccc1C(=O)Nc1nc(C)c(-c2csc(NC(=O)CCc3ccc(C)cc3)n2)s1. The minimum Gasteiger partial charge on any atom is -0.496 e. The number of para-hydroxylation sites is 1. The third-order valence-corrected chi connectivity index (χ3v) is 6.97. The summed E-state index contributed by atoms with van der Waals surface area (Å²) in [5, 5.41) is 8.60. The number of hydrogen-bond acceptors (Lipinski definition) is 7. The zero-order chi connectivity index (χ0) is 24.1. The van der Waals surface area contributed by atoms with Gasteiger partial charge in [-0.05, 0) is 38.0 Å². The summed E-state index contributed by atoms with van der Waals surface area (Å²) >= 11 is 2.70. The first-order valence-electron chi connectivity index (χ1n) is 10.7. The van der Waals surface area contributed by atoms with Crippen molar-refractivity contribution in [2.24, 2.45) is 0 Å². The molecule has 2 heterocycles. The number of hydrogen-bond donors (Lipinski definition) is 2. The van der Waals surface area contributed by atoms with E-state index in [2.05, 4.69) is 20.6 Å². The van der Waals surface area contributed by atoms with Crippen LogP contribution in [0.1, 0.15) is 33.6 Å². The number of thiazole rings is 2. The van der Waals surface area contributed by atoms with Crippen LogP contribution in [0.2, 0.25) is 0 Å². The monoisotopic (exact) mass is 492 g/mol. The Morgan fingerprint density at radius 1 is 0.971 bits per heavy atom. The van der Waals surface area contributed by atoms with Crippen LogP contribution in [0, 0.1) is 13.8 Å². The molecule has 7 nitrogen and oxygen atoms in total. The Balaban J connectivity index is 1.39. The van der Waals surface area contributed by atoms with Gasteiger partial charge in [0.1, 0.15) is 5.75 Å². The highest BCUT2D eigenvalue weighted by Gasteiger charge is 2.18. The normalized spacial score (nSPS) is 10.7. The molecule has 0 bridgehead atoms. The minimum absolute atomic E-state index is 0.0766. The molecule has 0 fully saturated rings. The molecule has 0 unspecified atom stereocenters. The number of aryl methyl sites for hydroxylation is 3. The Kier molecular flexibility index (Phi) is 7.34. The van der Waals surface area contributed by atoms with Crippen LogP contribution in [0.15, 0.2) is 53.9 Å². The van der Waals surface area contributed by atoms with Crippen LogP contribution in [-0.2, 0) is 11.2 Å². The lowest BCUT2D eigenvalue weighted by atomic mass is 10.1. The summed E-state index contributed by atoms with van der Waals surface area (Å²) in [4.78, 5) is 34.9. The molecule has 174 valence electrons. The third kappa shape index (κ3) is 5.67. The van der Waals surface area contributed by atoms with Gasteiger partial charge >= 0.3 is 0 Å². The predicted octanol–water partition coefficient (Wildman–Crippen LogP) is 5.72. The van der Waals surface area contributed by atoms with Gasteiger partial charge in [-0.2, -0.15) is 0 Å². The van der Waals surface area contributed by atoms with Crippen LogP contribution in [0.4, 0.5) is 10.3 Å². The maximum absolute atomic E-state index is 12.7. The van der Waals surface area contributed by atoms with E-state index in [1.807, 2.05) is 49.6 Å². The maximum Gasteiger partial charge on any atom is 0.261 e. The molecule has 2 amide bonds. The second-order valence-electron chi connectivity index (χ2n) is 7.66. The average molecular weight is 493 g/mol. The van der Waals surface area contributed by atoms with Gasteiger partial charge in [-0.25, -0.2) is 9.97 Å². The standard InChI is InChI=1S/C25H24N4O3S2/c1-15-8-10-17(11-9-15)12-13-21(30)28-24-27-19(14-33-24)22-16(2)26-25(34-22)29-23(31)18-6-4-5-7-20(18)32-3/h4-11,14H,12-13H2,1-3H3,(H,26,29,31)(H,27,28,30). The van der Waals surface area contributed by atoms with Crippen LogP contribution < -0.4 is 15.4 Å². The molecule has 9 heteroatoms. The first kappa shape index (κ1) is 23.6. The van der Waals surface area contributed by atoms with E-state index < -0.39 is 0 Å². The summed E-state index contributed by atoms with van der Waals surface area (Å²) in [6.07, 6.45) is 1.06. The van der Waals surface area contributed by atoms with Gasteiger partial charge in [0.2, 0.25) is 5.91 Å². The van der Waals surface area contributed by atoms with Crippen LogP contribution in [-0.4, -0.2) is 28.9 Å². The summed E-state index contributed by atoms with van der Waals surface area (Å²) in [5.74, 6) is 0.126. The molecule has 0 saturated carbocycles. The number of rotatable bonds is 8. The molecular formula is C25H24N4O3S2.